The third-order valence-electron chi connectivity index (χ3n) is 5.68. The van der Waals surface area contributed by atoms with Crippen molar-refractivity contribution in [3.05, 3.63) is 60.2 Å². The van der Waals surface area contributed by atoms with Crippen molar-refractivity contribution in [3.8, 4) is 11.3 Å². The van der Waals surface area contributed by atoms with E-state index in [-0.39, 0.29) is 11.9 Å². The van der Waals surface area contributed by atoms with Crippen LogP contribution in [0.3, 0.4) is 0 Å². The second-order valence-electron chi connectivity index (χ2n) is 7.28. The molecule has 1 aliphatic rings. The minimum atomic E-state index is -0.0577. The molecule has 2 heterocycles. The highest BCUT2D eigenvalue weighted by molar-refractivity contribution is 5.90. The van der Waals surface area contributed by atoms with Gasteiger partial charge >= 0.3 is 5.97 Å². The fourth-order valence-electron chi connectivity index (χ4n) is 4.14. The summed E-state index contributed by atoms with van der Waals surface area (Å²) in [7, 11) is 1.48. The van der Waals surface area contributed by atoms with E-state index in [1.807, 2.05) is 0 Å². The van der Waals surface area contributed by atoms with Gasteiger partial charge in [-0.2, -0.15) is 0 Å². The van der Waals surface area contributed by atoms with Crippen LogP contribution in [0.2, 0.25) is 0 Å². The van der Waals surface area contributed by atoms with E-state index in [4.69, 9.17) is 4.74 Å². The molecule has 4 rings (SSSR count). The summed E-state index contributed by atoms with van der Waals surface area (Å²) < 4.78 is 4.90. The normalized spacial score (nSPS) is 15.9. The van der Waals surface area contributed by atoms with Gasteiger partial charge < -0.3 is 14.6 Å². The number of aromatic nitrogens is 1. The monoisotopic (exact) mass is 362 g/mol. The molecule has 1 N–H and O–H groups in total. The number of hydrogen-bond donors (Lipinski definition) is 1. The Morgan fingerprint density at radius 3 is 2.52 bits per heavy atom. The van der Waals surface area contributed by atoms with Crippen molar-refractivity contribution >= 4 is 16.9 Å². The van der Waals surface area contributed by atoms with Gasteiger partial charge in [-0.15, -0.1) is 0 Å². The average Bonchev–Trinajstić information content (AvgIpc) is 3.11. The van der Waals surface area contributed by atoms with E-state index in [9.17, 15) is 4.79 Å². The van der Waals surface area contributed by atoms with Gasteiger partial charge in [-0.05, 0) is 49.5 Å². The number of piperidine rings is 1. The predicted molar refractivity (Wildman–Crippen MR) is 109 cm³/mol. The van der Waals surface area contributed by atoms with Crippen molar-refractivity contribution in [1.82, 2.24) is 9.88 Å². The van der Waals surface area contributed by atoms with Crippen molar-refractivity contribution in [2.75, 3.05) is 26.7 Å². The number of aromatic amines is 1. The molecule has 4 nitrogen and oxygen atoms in total. The number of H-pyrrole nitrogens is 1. The lowest BCUT2D eigenvalue weighted by atomic mass is 9.96. The van der Waals surface area contributed by atoms with Gasteiger partial charge in [0.1, 0.15) is 0 Å². The molecule has 0 atom stereocenters. The second kappa shape index (κ2) is 7.97. The molecule has 2 aromatic carbocycles. The molecule has 1 aromatic heterocycles. The smallest absolute Gasteiger partial charge is 0.308 e. The maximum absolute atomic E-state index is 11.7. The Labute approximate surface area is 160 Å². The molecule has 0 amide bonds. The molecule has 1 fully saturated rings. The van der Waals surface area contributed by atoms with Crippen LogP contribution in [0.5, 0.6) is 0 Å². The molecule has 3 aromatic rings. The summed E-state index contributed by atoms with van der Waals surface area (Å²) in [5.41, 5.74) is 5.02. The molecule has 140 valence electrons. The molecule has 0 unspecified atom stereocenters. The number of likely N-dealkylation sites (tertiary alicyclic amines) is 1. The Kier molecular flexibility index (Phi) is 5.26. The number of nitrogens with zero attached hydrogens (tertiary/aromatic N) is 1. The third kappa shape index (κ3) is 3.76. The van der Waals surface area contributed by atoms with E-state index in [0.29, 0.717) is 0 Å². The first-order chi connectivity index (χ1) is 13.3. The largest absolute Gasteiger partial charge is 0.469 e. The van der Waals surface area contributed by atoms with Crippen LogP contribution >= 0.6 is 0 Å². The molecule has 1 aliphatic heterocycles. The van der Waals surface area contributed by atoms with Crippen LogP contribution in [0, 0.1) is 5.92 Å². The van der Waals surface area contributed by atoms with E-state index in [2.05, 4.69) is 64.5 Å². The fraction of sp³-hybridized carbons (Fsp3) is 0.348. The second-order valence-corrected chi connectivity index (χ2v) is 7.28. The molecule has 27 heavy (non-hydrogen) atoms. The van der Waals surface area contributed by atoms with E-state index < -0.39 is 0 Å². The predicted octanol–water partition coefficient (Wildman–Crippen LogP) is 4.26. The first kappa shape index (κ1) is 17.8. The highest BCUT2D eigenvalue weighted by Crippen LogP contribution is 2.31. The van der Waals surface area contributed by atoms with Crippen LogP contribution in [-0.4, -0.2) is 42.6 Å². The molecule has 0 bridgehead atoms. The average molecular weight is 362 g/mol. The number of carbonyl (C=O) groups is 1. The van der Waals surface area contributed by atoms with Gasteiger partial charge in [-0.1, -0.05) is 48.5 Å². The highest BCUT2D eigenvalue weighted by Gasteiger charge is 2.25. The maximum atomic E-state index is 11.7. The molecule has 1 saturated heterocycles. The maximum Gasteiger partial charge on any atom is 0.308 e. The summed E-state index contributed by atoms with van der Waals surface area (Å²) in [6.45, 7) is 2.93. The SMILES string of the molecule is COC(=O)C1CCN(CCc2c(-c3ccccc3)[nH]c3ccccc23)CC1. The zero-order valence-corrected chi connectivity index (χ0v) is 15.8. The highest BCUT2D eigenvalue weighted by atomic mass is 16.5. The Balaban J connectivity index is 1.51. The summed E-state index contributed by atoms with van der Waals surface area (Å²) in [6, 6.07) is 19.1. The van der Waals surface area contributed by atoms with Crippen LogP contribution < -0.4 is 0 Å². The first-order valence-corrected chi connectivity index (χ1v) is 9.71. The van der Waals surface area contributed by atoms with E-state index >= 15 is 0 Å². The van der Waals surface area contributed by atoms with Crippen molar-refractivity contribution in [2.24, 2.45) is 5.92 Å². The Bertz CT molecular complexity index is 909. The minimum absolute atomic E-state index is 0.0577. The van der Waals surface area contributed by atoms with Crippen LogP contribution in [0.25, 0.3) is 22.2 Å². The van der Waals surface area contributed by atoms with Crippen molar-refractivity contribution in [2.45, 2.75) is 19.3 Å². The Morgan fingerprint density at radius 1 is 1.07 bits per heavy atom. The number of benzene rings is 2. The molecule has 4 heteroatoms. The molecular weight excluding hydrogens is 336 g/mol. The standard InChI is InChI=1S/C23H26N2O2/c1-27-23(26)18-11-14-25(15-12-18)16-13-20-19-9-5-6-10-21(19)24-22(20)17-7-3-2-4-8-17/h2-10,18,24H,11-16H2,1H3. The number of para-hydroxylation sites is 1. The van der Waals surface area contributed by atoms with Crippen LogP contribution in [0.1, 0.15) is 18.4 Å². The number of carbonyl (C=O) groups excluding carboxylic acids is 1. The lowest BCUT2D eigenvalue weighted by molar-refractivity contribution is -0.147. The van der Waals surface area contributed by atoms with E-state index in [1.165, 1.54) is 34.8 Å². The van der Waals surface area contributed by atoms with Gasteiger partial charge in [0.05, 0.1) is 13.0 Å². The minimum Gasteiger partial charge on any atom is -0.469 e. The topological polar surface area (TPSA) is 45.3 Å². The Hall–Kier alpha value is -2.59. The van der Waals surface area contributed by atoms with Gasteiger partial charge in [-0.25, -0.2) is 0 Å². The fourth-order valence-corrected chi connectivity index (χ4v) is 4.14. The van der Waals surface area contributed by atoms with Crippen molar-refractivity contribution in [3.63, 3.8) is 0 Å². The van der Waals surface area contributed by atoms with Crippen LogP contribution in [0.4, 0.5) is 0 Å². The summed E-state index contributed by atoms with van der Waals surface area (Å²) >= 11 is 0. The third-order valence-corrected chi connectivity index (χ3v) is 5.68. The van der Waals surface area contributed by atoms with Crippen molar-refractivity contribution in [1.29, 1.82) is 0 Å². The van der Waals surface area contributed by atoms with E-state index in [1.54, 1.807) is 0 Å². The quantitative estimate of drug-likeness (QED) is 0.690. The van der Waals surface area contributed by atoms with Crippen molar-refractivity contribution < 1.29 is 9.53 Å². The summed E-state index contributed by atoms with van der Waals surface area (Å²) in [5, 5.41) is 1.31. The number of rotatable bonds is 5. The van der Waals surface area contributed by atoms with E-state index in [0.717, 1.165) is 38.9 Å². The number of fused-ring (bicyclic) bond motifs is 1. The number of methoxy groups -OCH3 is 1. The molecule has 0 radical (unpaired) electrons. The molecule has 0 saturated carbocycles. The zero-order chi connectivity index (χ0) is 18.6. The van der Waals surface area contributed by atoms with Crippen LogP contribution in [-0.2, 0) is 16.0 Å². The number of ether oxygens (including phenoxy) is 1. The lowest BCUT2D eigenvalue weighted by Crippen LogP contribution is -2.37. The molecule has 0 aliphatic carbocycles. The van der Waals surface area contributed by atoms with Gasteiger partial charge in [0.2, 0.25) is 0 Å². The first-order valence-electron chi connectivity index (χ1n) is 9.71. The van der Waals surface area contributed by atoms with Gasteiger partial charge in [-0.3, -0.25) is 4.79 Å². The van der Waals surface area contributed by atoms with Gasteiger partial charge in [0, 0.05) is 23.1 Å². The molecular formula is C23H26N2O2. The summed E-state index contributed by atoms with van der Waals surface area (Å²) in [4.78, 5) is 17.8. The number of hydrogen-bond acceptors (Lipinski definition) is 3. The van der Waals surface area contributed by atoms with Gasteiger partial charge in [0.25, 0.3) is 0 Å². The number of esters is 1. The lowest BCUT2D eigenvalue weighted by Gasteiger charge is -2.30. The number of nitrogens with one attached hydrogen (secondary N) is 1. The Morgan fingerprint density at radius 2 is 1.78 bits per heavy atom. The van der Waals surface area contributed by atoms with Gasteiger partial charge in [0.15, 0.2) is 0 Å². The van der Waals surface area contributed by atoms with Crippen LogP contribution in [0.15, 0.2) is 54.6 Å². The zero-order valence-electron chi connectivity index (χ0n) is 15.8. The summed E-state index contributed by atoms with van der Waals surface area (Å²) in [6.07, 6.45) is 2.79. The molecule has 0 spiro atoms. The summed E-state index contributed by atoms with van der Waals surface area (Å²) in [5.74, 6) is 0.0110.